The maximum absolute atomic E-state index is 12.9. The zero-order valence-electron chi connectivity index (χ0n) is 16.7. The molecule has 2 aromatic carbocycles. The van der Waals surface area contributed by atoms with Crippen LogP contribution in [-0.4, -0.2) is 54.3 Å². The Bertz CT molecular complexity index is 931. The van der Waals surface area contributed by atoms with Crippen molar-refractivity contribution in [3.05, 3.63) is 64.7 Å². The van der Waals surface area contributed by atoms with Gasteiger partial charge in [-0.3, -0.25) is 4.79 Å². The molecule has 1 heterocycles. The molecule has 6 nitrogen and oxygen atoms in total. The molecular weight excluding hydrogens is 406 g/mol. The molecule has 0 unspecified atom stereocenters. The number of carbonyl (C=O) groups is 2. The average molecular weight is 430 g/mol. The summed E-state index contributed by atoms with van der Waals surface area (Å²) in [4.78, 5) is 26.3. The number of fused-ring (bicyclic) bond motifs is 1. The fourth-order valence-corrected chi connectivity index (χ4v) is 4.63. The Balaban J connectivity index is 1.40. The van der Waals surface area contributed by atoms with Crippen LogP contribution in [-0.2, 0) is 4.74 Å². The lowest BCUT2D eigenvalue weighted by Crippen LogP contribution is -2.42. The molecule has 1 amide bonds. The van der Waals surface area contributed by atoms with Crippen LogP contribution in [0.3, 0.4) is 0 Å². The third kappa shape index (κ3) is 4.30. The first kappa shape index (κ1) is 20.7. The maximum Gasteiger partial charge on any atom is 0.337 e. The number of amides is 1. The van der Waals surface area contributed by atoms with Gasteiger partial charge in [0.2, 0.25) is 0 Å². The zero-order chi connectivity index (χ0) is 21.3. The van der Waals surface area contributed by atoms with E-state index in [-0.39, 0.29) is 23.8 Å². The molecule has 2 fully saturated rings. The number of carbonyl (C=O) groups excluding carboxylic acids is 2. The summed E-state index contributed by atoms with van der Waals surface area (Å²) in [5.41, 5.74) is 0.946. The maximum atomic E-state index is 12.9. The van der Waals surface area contributed by atoms with Crippen molar-refractivity contribution >= 4 is 23.5 Å². The third-order valence-electron chi connectivity index (χ3n) is 6.01. The van der Waals surface area contributed by atoms with Crippen molar-refractivity contribution in [2.45, 2.75) is 25.0 Å². The number of ether oxygens (including phenoxy) is 2. The van der Waals surface area contributed by atoms with E-state index in [2.05, 4.69) is 0 Å². The van der Waals surface area contributed by atoms with Crippen LogP contribution in [0, 0.1) is 11.8 Å². The molecule has 2 aliphatic rings. The lowest BCUT2D eigenvalue weighted by atomic mass is 9.78. The van der Waals surface area contributed by atoms with E-state index in [9.17, 15) is 14.7 Å². The minimum absolute atomic E-state index is 0.0670. The van der Waals surface area contributed by atoms with Crippen LogP contribution < -0.4 is 4.74 Å². The summed E-state index contributed by atoms with van der Waals surface area (Å²) in [5, 5.41) is 11.2. The van der Waals surface area contributed by atoms with E-state index in [1.54, 1.807) is 36.4 Å². The SMILES string of the molecule is COC(=O)c1ccc(C(=O)N2C[C@H]3C[C@@H](Oc4cccc(Cl)c4)[C@H](O)C[C@H]3C2)cc1. The van der Waals surface area contributed by atoms with E-state index in [0.29, 0.717) is 47.8 Å². The predicted octanol–water partition coefficient (Wildman–Crippen LogP) is 3.42. The van der Waals surface area contributed by atoms with Crippen molar-refractivity contribution in [2.75, 3.05) is 20.2 Å². The second-order valence-electron chi connectivity index (χ2n) is 7.95. The zero-order valence-corrected chi connectivity index (χ0v) is 17.4. The summed E-state index contributed by atoms with van der Waals surface area (Å²) in [6.07, 6.45) is 0.378. The van der Waals surface area contributed by atoms with Gasteiger partial charge in [-0.25, -0.2) is 4.79 Å². The second kappa shape index (κ2) is 8.66. The summed E-state index contributed by atoms with van der Waals surface area (Å²) in [6.45, 7) is 1.24. The Kier molecular flexibility index (Phi) is 5.97. The first-order chi connectivity index (χ1) is 14.4. The van der Waals surface area contributed by atoms with Crippen LogP contribution in [0.2, 0.25) is 5.02 Å². The van der Waals surface area contributed by atoms with Gasteiger partial charge in [0.1, 0.15) is 11.9 Å². The van der Waals surface area contributed by atoms with Crippen molar-refractivity contribution in [1.29, 1.82) is 0 Å². The molecule has 1 saturated carbocycles. The Morgan fingerprint density at radius 1 is 1.03 bits per heavy atom. The minimum Gasteiger partial charge on any atom is -0.488 e. The molecule has 0 spiro atoms. The molecule has 2 aromatic rings. The molecule has 4 rings (SSSR count). The number of likely N-dealkylation sites (tertiary alicyclic amines) is 1. The molecule has 4 atom stereocenters. The number of rotatable bonds is 4. The molecule has 0 bridgehead atoms. The number of methoxy groups -OCH3 is 1. The fourth-order valence-electron chi connectivity index (χ4n) is 4.45. The van der Waals surface area contributed by atoms with E-state index in [4.69, 9.17) is 21.1 Å². The van der Waals surface area contributed by atoms with E-state index >= 15 is 0 Å². The van der Waals surface area contributed by atoms with Crippen LogP contribution >= 0.6 is 11.6 Å². The molecule has 1 N–H and O–H groups in total. The smallest absolute Gasteiger partial charge is 0.337 e. The van der Waals surface area contributed by atoms with Crippen LogP contribution in [0.25, 0.3) is 0 Å². The van der Waals surface area contributed by atoms with Gasteiger partial charge in [0.25, 0.3) is 5.91 Å². The molecular formula is C23H24ClNO5. The van der Waals surface area contributed by atoms with Crippen LogP contribution in [0.5, 0.6) is 5.75 Å². The van der Waals surface area contributed by atoms with Gasteiger partial charge in [-0.05, 0) is 67.1 Å². The number of halogens is 1. The van der Waals surface area contributed by atoms with E-state index in [1.807, 2.05) is 17.0 Å². The van der Waals surface area contributed by atoms with E-state index < -0.39 is 12.1 Å². The van der Waals surface area contributed by atoms with Gasteiger partial charge in [-0.15, -0.1) is 0 Å². The Hall–Kier alpha value is -2.57. The molecule has 0 radical (unpaired) electrons. The van der Waals surface area contributed by atoms with Crippen LogP contribution in [0.1, 0.15) is 33.6 Å². The summed E-state index contributed by atoms with van der Waals surface area (Å²) >= 11 is 6.02. The van der Waals surface area contributed by atoms with Crippen molar-refractivity contribution in [1.82, 2.24) is 4.90 Å². The third-order valence-corrected chi connectivity index (χ3v) is 6.24. The Labute approximate surface area is 180 Å². The summed E-state index contributed by atoms with van der Waals surface area (Å²) in [7, 11) is 1.32. The normalized spacial score (nSPS) is 25.5. The van der Waals surface area contributed by atoms with E-state index in [0.717, 1.165) is 0 Å². The fraction of sp³-hybridized carbons (Fsp3) is 0.391. The molecule has 1 aliphatic carbocycles. The number of hydrogen-bond acceptors (Lipinski definition) is 5. The molecule has 7 heteroatoms. The molecule has 158 valence electrons. The van der Waals surface area contributed by atoms with Gasteiger partial charge in [0.15, 0.2) is 0 Å². The summed E-state index contributed by atoms with van der Waals surface area (Å²) in [5.74, 6) is 0.665. The number of esters is 1. The van der Waals surface area contributed by atoms with Gasteiger partial charge in [0, 0.05) is 23.7 Å². The highest BCUT2D eigenvalue weighted by molar-refractivity contribution is 6.30. The molecule has 1 saturated heterocycles. The highest BCUT2D eigenvalue weighted by Gasteiger charge is 2.44. The Morgan fingerprint density at radius 3 is 2.37 bits per heavy atom. The number of hydrogen-bond donors (Lipinski definition) is 1. The Morgan fingerprint density at radius 2 is 1.70 bits per heavy atom. The largest absolute Gasteiger partial charge is 0.488 e. The summed E-state index contributed by atoms with van der Waals surface area (Å²) < 4.78 is 10.7. The first-order valence-corrected chi connectivity index (χ1v) is 10.4. The number of nitrogens with zero attached hydrogens (tertiary/aromatic N) is 1. The van der Waals surface area contributed by atoms with E-state index in [1.165, 1.54) is 7.11 Å². The standard InChI is InChI=1S/C23H24ClNO5/c1-29-23(28)15-7-5-14(6-8-15)22(27)25-12-16-9-20(26)21(10-17(16)13-25)30-19-4-2-3-18(24)11-19/h2-8,11,16-17,20-21,26H,9-10,12-13H2,1H3/t16-,17+,20+,21+/m0/s1. The monoisotopic (exact) mass is 429 g/mol. The first-order valence-electron chi connectivity index (χ1n) is 10.0. The lowest BCUT2D eigenvalue weighted by molar-refractivity contribution is -0.0231. The number of benzene rings is 2. The van der Waals surface area contributed by atoms with Crippen molar-refractivity contribution in [3.63, 3.8) is 0 Å². The van der Waals surface area contributed by atoms with Gasteiger partial charge in [0.05, 0.1) is 18.8 Å². The van der Waals surface area contributed by atoms with Crippen LogP contribution in [0.15, 0.2) is 48.5 Å². The van der Waals surface area contributed by atoms with Crippen molar-refractivity contribution in [3.8, 4) is 5.75 Å². The quantitative estimate of drug-likeness (QED) is 0.754. The van der Waals surface area contributed by atoms with Crippen LogP contribution in [0.4, 0.5) is 0 Å². The molecule has 1 aliphatic heterocycles. The minimum atomic E-state index is -0.584. The van der Waals surface area contributed by atoms with Gasteiger partial charge < -0.3 is 19.5 Å². The van der Waals surface area contributed by atoms with Gasteiger partial charge in [-0.2, -0.15) is 0 Å². The second-order valence-corrected chi connectivity index (χ2v) is 8.39. The van der Waals surface area contributed by atoms with Gasteiger partial charge >= 0.3 is 5.97 Å². The average Bonchev–Trinajstić information content (AvgIpc) is 3.15. The predicted molar refractivity (Wildman–Crippen MR) is 112 cm³/mol. The number of aliphatic hydroxyl groups excluding tert-OH is 1. The van der Waals surface area contributed by atoms with Crippen molar-refractivity contribution in [2.24, 2.45) is 11.8 Å². The highest BCUT2D eigenvalue weighted by atomic mass is 35.5. The van der Waals surface area contributed by atoms with Crippen molar-refractivity contribution < 1.29 is 24.2 Å². The lowest BCUT2D eigenvalue weighted by Gasteiger charge is -2.35. The molecule has 0 aromatic heterocycles. The van der Waals surface area contributed by atoms with Gasteiger partial charge in [-0.1, -0.05) is 17.7 Å². The molecule has 30 heavy (non-hydrogen) atoms. The number of aliphatic hydroxyl groups is 1. The summed E-state index contributed by atoms with van der Waals surface area (Å²) in [6, 6.07) is 13.7. The highest BCUT2D eigenvalue weighted by Crippen LogP contribution is 2.38. The topological polar surface area (TPSA) is 76.1 Å².